The lowest BCUT2D eigenvalue weighted by Crippen LogP contribution is -2.33. The van der Waals surface area contributed by atoms with Crippen molar-refractivity contribution in [1.29, 1.82) is 0 Å². The molecule has 0 saturated carbocycles. The minimum Gasteiger partial charge on any atom is -0.492 e. The van der Waals surface area contributed by atoms with Crippen LogP contribution < -0.4 is 24.8 Å². The Morgan fingerprint density at radius 3 is 2.23 bits per heavy atom. The van der Waals surface area contributed by atoms with E-state index in [0.717, 1.165) is 17.3 Å². The number of aromatic amines is 1. The van der Waals surface area contributed by atoms with Gasteiger partial charge in [0.15, 0.2) is 5.69 Å². The molecule has 4 aromatic carbocycles. The molecule has 0 radical (unpaired) electrons. The maximum absolute atomic E-state index is 13.2. The number of imidazole rings is 1. The summed E-state index contributed by atoms with van der Waals surface area (Å²) in [4.78, 5) is 19.3. The highest BCUT2D eigenvalue weighted by molar-refractivity contribution is 5.97. The highest BCUT2D eigenvalue weighted by Gasteiger charge is 2.33. The Balaban J connectivity index is 1.07. The van der Waals surface area contributed by atoms with Gasteiger partial charge in [0.25, 0.3) is 5.91 Å². The van der Waals surface area contributed by atoms with Crippen LogP contribution in [0.25, 0.3) is 11.4 Å². The van der Waals surface area contributed by atoms with Crippen molar-refractivity contribution in [2.45, 2.75) is 25.4 Å². The van der Waals surface area contributed by atoms with Crippen LogP contribution >= 0.6 is 0 Å². The maximum Gasteiger partial charge on any atom is 0.434 e. The van der Waals surface area contributed by atoms with Crippen molar-refractivity contribution in [3.8, 4) is 28.6 Å². The summed E-state index contributed by atoms with van der Waals surface area (Å²) in [7, 11) is 0. The molecule has 1 amide bonds. The Morgan fingerprint density at radius 2 is 1.54 bits per heavy atom. The fourth-order valence-electron chi connectivity index (χ4n) is 4.60. The summed E-state index contributed by atoms with van der Waals surface area (Å²) in [6, 6.07) is 30.7. The molecule has 1 aromatic heterocycles. The minimum atomic E-state index is -4.53. The van der Waals surface area contributed by atoms with E-state index < -0.39 is 18.0 Å². The first kappa shape index (κ1) is 34.0. The highest BCUT2D eigenvalue weighted by Crippen LogP contribution is 2.30. The Labute approximate surface area is 275 Å². The number of halogens is 3. The van der Waals surface area contributed by atoms with Crippen LogP contribution in [-0.2, 0) is 19.3 Å². The molecular formula is C36H35F3N4O5. The maximum atomic E-state index is 13.2. The van der Waals surface area contributed by atoms with Gasteiger partial charge in [-0.15, -0.1) is 0 Å². The second-order valence-electron chi connectivity index (χ2n) is 10.8. The molecule has 48 heavy (non-hydrogen) atoms. The molecule has 0 aliphatic rings. The number of rotatable bonds is 16. The van der Waals surface area contributed by atoms with Crippen molar-refractivity contribution in [3.05, 3.63) is 132 Å². The molecule has 0 fully saturated rings. The fourth-order valence-corrected chi connectivity index (χ4v) is 4.60. The largest absolute Gasteiger partial charge is 0.492 e. The highest BCUT2D eigenvalue weighted by atomic mass is 19.4. The average Bonchev–Trinajstić information content (AvgIpc) is 3.62. The van der Waals surface area contributed by atoms with Crippen LogP contribution in [0.2, 0.25) is 0 Å². The minimum absolute atomic E-state index is 0.00191. The Bertz CT molecular complexity index is 1730. The van der Waals surface area contributed by atoms with E-state index in [1.807, 2.05) is 60.7 Å². The zero-order valence-electron chi connectivity index (χ0n) is 25.9. The molecule has 1 unspecified atom stereocenters. The van der Waals surface area contributed by atoms with Crippen LogP contribution in [0, 0.1) is 0 Å². The van der Waals surface area contributed by atoms with Gasteiger partial charge in [-0.2, -0.15) is 13.2 Å². The van der Waals surface area contributed by atoms with Gasteiger partial charge in [-0.25, -0.2) is 4.98 Å². The molecule has 0 saturated heterocycles. The van der Waals surface area contributed by atoms with Gasteiger partial charge in [0.2, 0.25) is 0 Å². The number of amides is 1. The number of carbonyl (C=O) groups is 1. The lowest BCUT2D eigenvalue weighted by Gasteiger charge is -2.15. The van der Waals surface area contributed by atoms with Gasteiger partial charge >= 0.3 is 6.18 Å². The zero-order chi connectivity index (χ0) is 33.8. The van der Waals surface area contributed by atoms with Gasteiger partial charge in [0, 0.05) is 31.4 Å². The number of aromatic nitrogens is 2. The number of aliphatic hydroxyl groups is 1. The molecule has 0 aliphatic heterocycles. The molecule has 250 valence electrons. The van der Waals surface area contributed by atoms with Crippen molar-refractivity contribution < 1.29 is 37.3 Å². The van der Waals surface area contributed by atoms with Crippen LogP contribution in [0.5, 0.6) is 17.2 Å². The molecule has 1 atom stereocenters. The molecule has 5 rings (SSSR count). The number of alkyl halides is 3. The van der Waals surface area contributed by atoms with Crippen molar-refractivity contribution in [1.82, 2.24) is 20.6 Å². The van der Waals surface area contributed by atoms with E-state index >= 15 is 0 Å². The second-order valence-corrected chi connectivity index (χ2v) is 10.8. The van der Waals surface area contributed by atoms with Crippen LogP contribution in [0.4, 0.5) is 13.2 Å². The van der Waals surface area contributed by atoms with Crippen LogP contribution in [0.1, 0.15) is 27.2 Å². The van der Waals surface area contributed by atoms with E-state index in [9.17, 15) is 23.1 Å². The van der Waals surface area contributed by atoms with Gasteiger partial charge in [0.05, 0.1) is 5.56 Å². The summed E-state index contributed by atoms with van der Waals surface area (Å²) in [5.74, 6) is 1.17. The van der Waals surface area contributed by atoms with Crippen molar-refractivity contribution >= 4 is 5.91 Å². The number of benzene rings is 4. The van der Waals surface area contributed by atoms with E-state index in [4.69, 9.17) is 14.2 Å². The quantitative estimate of drug-likeness (QED) is 0.0958. The van der Waals surface area contributed by atoms with Crippen LogP contribution in [-0.4, -0.2) is 53.4 Å². The summed E-state index contributed by atoms with van der Waals surface area (Å²) in [5.41, 5.74) is 1.77. The van der Waals surface area contributed by atoms with E-state index in [1.54, 1.807) is 42.5 Å². The van der Waals surface area contributed by atoms with Gasteiger partial charge in [-0.3, -0.25) is 4.79 Å². The van der Waals surface area contributed by atoms with Crippen LogP contribution in [0.15, 0.2) is 109 Å². The Morgan fingerprint density at radius 1 is 0.854 bits per heavy atom. The number of ether oxygens (including phenoxy) is 3. The third-order valence-corrected chi connectivity index (χ3v) is 7.09. The standard InChI is InChI=1S/C36H35F3N4O5/c37-36(38,39)33-22-41-34(43-33)27-11-13-29(14-12-27)47-24-28(44)21-40-17-18-46-30-15-16-32(48-23-26-9-5-2-6-10-26)31(19-30)35(45)42-20-25-7-3-1-4-8-25/h1-16,19,22,28,40,44H,17-18,20-21,23-24H2,(H,41,43)(H,42,45). The number of carbonyl (C=O) groups excluding carboxylic acids is 1. The number of nitrogens with one attached hydrogen (secondary N) is 3. The van der Waals surface area contributed by atoms with Gasteiger partial charge in [-0.05, 0) is 53.6 Å². The lowest BCUT2D eigenvalue weighted by atomic mass is 10.1. The summed E-state index contributed by atoms with van der Waals surface area (Å²) < 4.78 is 55.9. The first-order valence-corrected chi connectivity index (χ1v) is 15.2. The number of nitrogens with zero attached hydrogens (tertiary/aromatic N) is 1. The van der Waals surface area contributed by atoms with Gasteiger partial charge in [0.1, 0.15) is 49.0 Å². The molecular weight excluding hydrogens is 625 g/mol. The predicted molar refractivity (Wildman–Crippen MR) is 174 cm³/mol. The third kappa shape index (κ3) is 10.1. The topological polar surface area (TPSA) is 118 Å². The van der Waals surface area contributed by atoms with E-state index in [1.165, 1.54) is 0 Å². The molecule has 0 bridgehead atoms. The number of H-pyrrole nitrogens is 1. The normalized spacial score (nSPS) is 11.9. The van der Waals surface area contributed by atoms with Gasteiger partial charge in [-0.1, -0.05) is 60.7 Å². The van der Waals surface area contributed by atoms with E-state index in [2.05, 4.69) is 20.6 Å². The molecule has 4 N–H and O–H groups in total. The Kier molecular flexibility index (Phi) is 11.7. The molecule has 9 nitrogen and oxygen atoms in total. The second kappa shape index (κ2) is 16.5. The number of hydrogen-bond acceptors (Lipinski definition) is 7. The molecule has 5 aromatic rings. The molecule has 1 heterocycles. The van der Waals surface area contributed by atoms with Gasteiger partial charge < -0.3 is 34.9 Å². The van der Waals surface area contributed by atoms with Crippen molar-refractivity contribution in [3.63, 3.8) is 0 Å². The first-order chi connectivity index (χ1) is 23.2. The summed E-state index contributed by atoms with van der Waals surface area (Å²) >= 11 is 0. The summed E-state index contributed by atoms with van der Waals surface area (Å²) in [6.07, 6.45) is -4.54. The number of hydrogen-bond donors (Lipinski definition) is 4. The summed E-state index contributed by atoms with van der Waals surface area (Å²) in [5, 5.41) is 16.4. The average molecular weight is 661 g/mol. The first-order valence-electron chi connectivity index (χ1n) is 15.2. The lowest BCUT2D eigenvalue weighted by molar-refractivity contribution is -0.140. The summed E-state index contributed by atoms with van der Waals surface area (Å²) in [6.45, 7) is 1.58. The smallest absolute Gasteiger partial charge is 0.434 e. The van der Waals surface area contributed by atoms with Crippen molar-refractivity contribution in [2.24, 2.45) is 0 Å². The predicted octanol–water partition coefficient (Wildman–Crippen LogP) is 6.01. The number of aliphatic hydroxyl groups excluding tert-OH is 1. The molecule has 12 heteroatoms. The van der Waals surface area contributed by atoms with E-state index in [0.29, 0.717) is 48.1 Å². The van der Waals surface area contributed by atoms with Crippen molar-refractivity contribution in [2.75, 3.05) is 26.3 Å². The monoisotopic (exact) mass is 660 g/mol. The third-order valence-electron chi connectivity index (χ3n) is 7.09. The van der Waals surface area contributed by atoms with E-state index in [-0.39, 0.29) is 31.5 Å². The molecule has 0 spiro atoms. The zero-order valence-corrected chi connectivity index (χ0v) is 25.9. The SMILES string of the molecule is O=C(NCc1ccccc1)c1cc(OCCNCC(O)COc2ccc(-c3nc(C(F)(F)F)c[nH]3)cc2)ccc1OCc1ccccc1. The van der Waals surface area contributed by atoms with Crippen LogP contribution in [0.3, 0.4) is 0 Å². The Hall–Kier alpha value is -5.33. The molecule has 0 aliphatic carbocycles. The fraction of sp³-hybridized carbons (Fsp3) is 0.222.